The SMILES string of the molecule is CC(C(=O)O)N(C)C(N)=NP(=O)(OCCCCOC(=O)OC1CCCCC1)OCCCCOC(=O)OC1CCCCC1. The Morgan fingerprint density at radius 1 is 0.810 bits per heavy atom. The molecule has 2 aliphatic rings. The third-order valence-corrected chi connectivity index (χ3v) is 8.65. The molecule has 0 aromatic heterocycles. The van der Waals surface area contributed by atoms with Crippen molar-refractivity contribution in [1.29, 1.82) is 0 Å². The van der Waals surface area contributed by atoms with Crippen LogP contribution in [0.1, 0.15) is 96.8 Å². The molecular formula is C27H48N3O11P. The van der Waals surface area contributed by atoms with E-state index in [1.165, 1.54) is 14.0 Å². The van der Waals surface area contributed by atoms with Crippen molar-refractivity contribution in [2.24, 2.45) is 10.5 Å². The molecule has 0 aromatic carbocycles. The minimum atomic E-state index is -4.12. The quantitative estimate of drug-likeness (QED) is 0.0694. The summed E-state index contributed by atoms with van der Waals surface area (Å²) in [5.74, 6) is -1.47. The molecule has 1 atom stereocenters. The zero-order valence-electron chi connectivity index (χ0n) is 24.9. The van der Waals surface area contributed by atoms with Gasteiger partial charge in [0, 0.05) is 7.05 Å². The van der Waals surface area contributed by atoms with Gasteiger partial charge in [-0.05, 0) is 84.0 Å². The number of nitrogens with two attached hydrogens (primary N) is 1. The maximum absolute atomic E-state index is 13.3. The van der Waals surface area contributed by atoms with Crippen LogP contribution < -0.4 is 5.73 Å². The first-order valence-electron chi connectivity index (χ1n) is 15.0. The molecule has 2 aliphatic carbocycles. The summed E-state index contributed by atoms with van der Waals surface area (Å²) in [7, 11) is -2.72. The van der Waals surface area contributed by atoms with Crippen LogP contribution in [0, 0.1) is 0 Å². The van der Waals surface area contributed by atoms with Gasteiger partial charge in [-0.2, -0.15) is 0 Å². The molecule has 14 nitrogen and oxygen atoms in total. The lowest BCUT2D eigenvalue weighted by Gasteiger charge is -2.23. The van der Waals surface area contributed by atoms with Gasteiger partial charge in [0.25, 0.3) is 0 Å². The largest absolute Gasteiger partial charge is 0.508 e. The number of carboxylic acids is 1. The van der Waals surface area contributed by atoms with Crippen LogP contribution in [0.2, 0.25) is 0 Å². The highest BCUT2D eigenvalue weighted by Gasteiger charge is 2.28. The van der Waals surface area contributed by atoms with Crippen LogP contribution in [-0.4, -0.2) is 86.0 Å². The second-order valence-corrected chi connectivity index (χ2v) is 12.2. The van der Waals surface area contributed by atoms with Gasteiger partial charge >= 0.3 is 26.0 Å². The van der Waals surface area contributed by atoms with Crippen molar-refractivity contribution in [3.63, 3.8) is 0 Å². The third-order valence-electron chi connectivity index (χ3n) is 7.18. The maximum Gasteiger partial charge on any atom is 0.508 e. The molecule has 2 fully saturated rings. The lowest BCUT2D eigenvalue weighted by molar-refractivity contribution is -0.140. The second-order valence-electron chi connectivity index (χ2n) is 10.6. The zero-order chi connectivity index (χ0) is 30.8. The Hall–Kier alpha value is -2.57. The molecule has 1 unspecified atom stereocenters. The third kappa shape index (κ3) is 14.6. The molecule has 15 heteroatoms. The van der Waals surface area contributed by atoms with E-state index in [1.807, 2.05) is 0 Å². The molecule has 0 bridgehead atoms. The number of nitrogens with zero attached hydrogens (tertiary/aromatic N) is 2. The van der Waals surface area contributed by atoms with Crippen molar-refractivity contribution >= 4 is 32.0 Å². The maximum atomic E-state index is 13.3. The van der Waals surface area contributed by atoms with Gasteiger partial charge in [-0.3, -0.25) is 9.05 Å². The van der Waals surface area contributed by atoms with Gasteiger partial charge in [-0.25, -0.2) is 18.9 Å². The second kappa shape index (κ2) is 19.6. The van der Waals surface area contributed by atoms with Gasteiger partial charge in [-0.1, -0.05) is 12.8 Å². The summed E-state index contributed by atoms with van der Waals surface area (Å²) in [6.45, 7) is 1.53. The molecule has 2 rings (SSSR count). The van der Waals surface area contributed by atoms with E-state index in [-0.39, 0.29) is 44.6 Å². The van der Waals surface area contributed by atoms with Crippen LogP contribution in [0.25, 0.3) is 0 Å². The average molecular weight is 622 g/mol. The molecule has 0 amide bonds. The average Bonchev–Trinajstić information content (AvgIpc) is 2.96. The van der Waals surface area contributed by atoms with E-state index in [1.54, 1.807) is 0 Å². The van der Waals surface area contributed by atoms with Crippen molar-refractivity contribution in [3.05, 3.63) is 0 Å². The Labute approximate surface area is 248 Å². The van der Waals surface area contributed by atoms with Gasteiger partial charge in [0.2, 0.25) is 5.96 Å². The van der Waals surface area contributed by atoms with Crippen LogP contribution >= 0.6 is 7.75 Å². The highest BCUT2D eigenvalue weighted by atomic mass is 31.2. The number of ether oxygens (including phenoxy) is 4. The smallest absolute Gasteiger partial charge is 0.480 e. The predicted molar refractivity (Wildman–Crippen MR) is 153 cm³/mol. The molecule has 242 valence electrons. The summed E-state index contributed by atoms with van der Waals surface area (Å²) in [5, 5.41) is 9.24. The fraction of sp³-hybridized carbons (Fsp3) is 0.852. The van der Waals surface area contributed by atoms with Crippen LogP contribution in [-0.2, 0) is 37.4 Å². The van der Waals surface area contributed by atoms with Crippen molar-refractivity contribution in [1.82, 2.24) is 4.90 Å². The minimum Gasteiger partial charge on any atom is -0.480 e. The Morgan fingerprint density at radius 2 is 1.21 bits per heavy atom. The number of rotatable bonds is 17. The number of hydrogen-bond acceptors (Lipinski definition) is 10. The molecule has 0 spiro atoms. The van der Waals surface area contributed by atoms with Gasteiger partial charge in [0.15, 0.2) is 0 Å². The zero-order valence-corrected chi connectivity index (χ0v) is 25.8. The van der Waals surface area contributed by atoms with Crippen molar-refractivity contribution in [2.75, 3.05) is 33.5 Å². The predicted octanol–water partition coefficient (Wildman–Crippen LogP) is 5.38. The molecule has 2 saturated carbocycles. The number of likely N-dealkylation sites (N-methyl/N-ethyl adjacent to an activating group) is 1. The number of carbonyl (C=O) groups excluding carboxylic acids is 2. The monoisotopic (exact) mass is 621 g/mol. The highest BCUT2D eigenvalue weighted by Crippen LogP contribution is 2.50. The number of guanidine groups is 1. The topological polar surface area (TPSA) is 186 Å². The highest BCUT2D eigenvalue weighted by molar-refractivity contribution is 7.52. The summed E-state index contributed by atoms with van der Waals surface area (Å²) in [4.78, 5) is 36.2. The van der Waals surface area contributed by atoms with E-state index >= 15 is 0 Å². The van der Waals surface area contributed by atoms with E-state index in [0.29, 0.717) is 25.7 Å². The summed E-state index contributed by atoms with van der Waals surface area (Å²) >= 11 is 0. The van der Waals surface area contributed by atoms with E-state index in [0.717, 1.165) is 69.1 Å². The Bertz CT molecular complexity index is 860. The fourth-order valence-corrected chi connectivity index (χ4v) is 5.74. The van der Waals surface area contributed by atoms with Crippen LogP contribution in [0.3, 0.4) is 0 Å². The first-order chi connectivity index (χ1) is 20.1. The molecule has 42 heavy (non-hydrogen) atoms. The number of unbranched alkanes of at least 4 members (excludes halogenated alkanes) is 2. The standard InChI is InChI=1S/C27H48N3O11P/c1-21(24(31)32)30(2)25(28)29-42(35,38-19-11-9-17-36-26(33)40-22-13-5-3-6-14-22)39-20-12-10-18-37-27(34)41-23-15-7-4-8-16-23/h21-23H,3-20H2,1-2H3,(H,31,32)(H2,28,29,35). The van der Waals surface area contributed by atoms with E-state index < -0.39 is 32.1 Å². The lowest BCUT2D eigenvalue weighted by Crippen LogP contribution is -2.44. The molecule has 0 aliphatic heterocycles. The molecule has 3 N–H and O–H groups in total. The van der Waals surface area contributed by atoms with Gasteiger partial charge in [0.1, 0.15) is 18.2 Å². The summed E-state index contributed by atoms with van der Waals surface area (Å²) in [6, 6.07) is -1.03. The number of carboxylic acid groups (broad SMARTS) is 1. The normalized spacial score (nSPS) is 17.7. The summed E-state index contributed by atoms with van der Waals surface area (Å²) in [5.41, 5.74) is 5.90. The van der Waals surface area contributed by atoms with Crippen LogP contribution in [0.5, 0.6) is 0 Å². The number of hydrogen-bond donors (Lipinski definition) is 2. The molecule has 0 aromatic rings. The Balaban J connectivity index is 1.75. The first-order valence-corrected chi connectivity index (χ1v) is 16.5. The fourth-order valence-electron chi connectivity index (χ4n) is 4.44. The van der Waals surface area contributed by atoms with E-state index in [9.17, 15) is 24.1 Å². The van der Waals surface area contributed by atoms with Crippen molar-refractivity contribution in [3.8, 4) is 0 Å². The van der Waals surface area contributed by atoms with Gasteiger partial charge < -0.3 is 34.7 Å². The van der Waals surface area contributed by atoms with Crippen LogP contribution in [0.4, 0.5) is 9.59 Å². The van der Waals surface area contributed by atoms with Gasteiger partial charge in [-0.15, -0.1) is 4.76 Å². The summed E-state index contributed by atoms with van der Waals surface area (Å²) in [6.07, 6.45) is 9.86. The molecular weight excluding hydrogens is 573 g/mol. The molecule has 0 saturated heterocycles. The lowest BCUT2D eigenvalue weighted by atomic mass is 9.98. The number of carbonyl (C=O) groups is 3. The van der Waals surface area contributed by atoms with E-state index in [2.05, 4.69) is 4.76 Å². The molecule has 0 radical (unpaired) electrons. The summed E-state index contributed by atoms with van der Waals surface area (Å²) < 4.78 is 49.0. The van der Waals surface area contributed by atoms with E-state index in [4.69, 9.17) is 33.7 Å². The minimum absolute atomic E-state index is 0.0383. The Kier molecular flexibility index (Phi) is 16.6. The Morgan fingerprint density at radius 3 is 1.62 bits per heavy atom. The van der Waals surface area contributed by atoms with Crippen molar-refractivity contribution < 1.29 is 52.1 Å². The van der Waals surface area contributed by atoms with Gasteiger partial charge in [0.05, 0.1) is 26.4 Å². The molecule has 0 heterocycles. The number of aliphatic carboxylic acids is 1. The van der Waals surface area contributed by atoms with Crippen LogP contribution in [0.15, 0.2) is 4.76 Å². The first kappa shape index (κ1) is 35.6. The van der Waals surface area contributed by atoms with Crippen molar-refractivity contribution in [2.45, 2.75) is 115 Å².